The number of hydrogen-bond acceptors (Lipinski definition) is 1. The summed E-state index contributed by atoms with van der Waals surface area (Å²) < 4.78 is 0. The maximum Gasteiger partial charge on any atom is 0.0722 e. The van der Waals surface area contributed by atoms with E-state index in [4.69, 9.17) is 4.98 Å². The molecule has 0 aliphatic rings. The van der Waals surface area contributed by atoms with Crippen molar-refractivity contribution in [1.82, 2.24) is 4.98 Å². The molecule has 1 aromatic heterocycles. The van der Waals surface area contributed by atoms with Crippen molar-refractivity contribution in [2.75, 3.05) is 0 Å². The van der Waals surface area contributed by atoms with Crippen LogP contribution in [0.4, 0.5) is 0 Å². The fraction of sp³-hybridized carbons (Fsp3) is 0. The van der Waals surface area contributed by atoms with Crippen LogP contribution < -0.4 is 0 Å². The molecule has 0 saturated heterocycles. The van der Waals surface area contributed by atoms with Crippen LogP contribution in [0.5, 0.6) is 0 Å². The van der Waals surface area contributed by atoms with E-state index in [1.165, 1.54) is 71.3 Å². The summed E-state index contributed by atoms with van der Waals surface area (Å²) >= 11 is 0. The lowest BCUT2D eigenvalue weighted by molar-refractivity contribution is 1.42. The molecule has 0 fully saturated rings. The lowest BCUT2D eigenvalue weighted by Gasteiger charge is -2.21. The van der Waals surface area contributed by atoms with Gasteiger partial charge in [-0.3, -0.25) is 0 Å². The zero-order chi connectivity index (χ0) is 30.5. The third kappa shape index (κ3) is 4.37. The maximum atomic E-state index is 5.23. The first kappa shape index (κ1) is 26.4. The van der Waals surface area contributed by atoms with Crippen LogP contribution in [-0.2, 0) is 0 Å². The highest BCUT2D eigenvalue weighted by Gasteiger charge is 2.21. The van der Waals surface area contributed by atoms with Crippen molar-refractivity contribution in [3.63, 3.8) is 0 Å². The number of rotatable bonds is 4. The standard InChI is InChI=1S/C45H29N/c1-3-13-30(14-4-1)35-23-25-38-40(29-35)44(41-28-34-19-8-7-18-33(34)27-39(41)31-15-5-2-6-16-31)36-20-10-11-21-37(36)45(38)43-26-24-32-17-9-12-22-42(32)46-43/h1-29H. The summed E-state index contributed by atoms with van der Waals surface area (Å²) in [6.45, 7) is 0. The number of fused-ring (bicyclic) bond motifs is 4. The molecule has 0 bridgehead atoms. The van der Waals surface area contributed by atoms with Gasteiger partial charge in [0.1, 0.15) is 0 Å². The van der Waals surface area contributed by atoms with Crippen molar-refractivity contribution in [2.24, 2.45) is 0 Å². The first-order valence-electron chi connectivity index (χ1n) is 15.8. The highest BCUT2D eigenvalue weighted by Crippen LogP contribution is 2.47. The predicted octanol–water partition coefficient (Wildman–Crippen LogP) is 12.4. The third-order valence-electron chi connectivity index (χ3n) is 9.23. The highest BCUT2D eigenvalue weighted by atomic mass is 14.7. The lowest BCUT2D eigenvalue weighted by Crippen LogP contribution is -1.95. The molecule has 0 spiro atoms. The Kier molecular flexibility index (Phi) is 6.21. The van der Waals surface area contributed by atoms with Gasteiger partial charge in [0, 0.05) is 10.9 Å². The van der Waals surface area contributed by atoms with Crippen molar-refractivity contribution in [2.45, 2.75) is 0 Å². The van der Waals surface area contributed by atoms with Gasteiger partial charge in [0.15, 0.2) is 0 Å². The largest absolute Gasteiger partial charge is 0.248 e. The van der Waals surface area contributed by atoms with E-state index in [9.17, 15) is 0 Å². The number of nitrogens with zero attached hydrogens (tertiary/aromatic N) is 1. The van der Waals surface area contributed by atoms with E-state index >= 15 is 0 Å². The highest BCUT2D eigenvalue weighted by molar-refractivity contribution is 6.23. The molecular formula is C45H29N. The van der Waals surface area contributed by atoms with E-state index < -0.39 is 0 Å². The Bertz CT molecular complexity index is 2570. The molecule has 1 heterocycles. The molecule has 46 heavy (non-hydrogen) atoms. The van der Waals surface area contributed by atoms with Crippen LogP contribution in [0.15, 0.2) is 176 Å². The molecule has 9 rings (SSSR count). The fourth-order valence-corrected chi connectivity index (χ4v) is 7.06. The Balaban J connectivity index is 1.46. The SMILES string of the molecule is c1ccc(-c2ccc3c(-c4ccc5ccccc5n4)c4ccccc4c(-c4cc5ccccc5cc4-c4ccccc4)c3c2)cc1. The number of para-hydroxylation sites is 1. The minimum Gasteiger partial charge on any atom is -0.248 e. The first-order valence-corrected chi connectivity index (χ1v) is 15.8. The Labute approximate surface area is 268 Å². The van der Waals surface area contributed by atoms with Crippen LogP contribution in [0.2, 0.25) is 0 Å². The molecule has 0 radical (unpaired) electrons. The average Bonchev–Trinajstić information content (AvgIpc) is 3.13. The van der Waals surface area contributed by atoms with Gasteiger partial charge in [0.25, 0.3) is 0 Å². The third-order valence-corrected chi connectivity index (χ3v) is 9.23. The molecule has 0 aliphatic heterocycles. The summed E-state index contributed by atoms with van der Waals surface area (Å²) in [5, 5.41) is 8.45. The number of hydrogen-bond donors (Lipinski definition) is 0. The summed E-state index contributed by atoms with van der Waals surface area (Å²) in [5.74, 6) is 0. The molecular weight excluding hydrogens is 555 g/mol. The minimum atomic E-state index is 0.987. The van der Waals surface area contributed by atoms with Crippen LogP contribution in [0, 0.1) is 0 Å². The summed E-state index contributed by atoms with van der Waals surface area (Å²) in [7, 11) is 0. The number of benzene rings is 8. The molecule has 0 unspecified atom stereocenters. The summed E-state index contributed by atoms with van der Waals surface area (Å²) in [6.07, 6.45) is 0. The summed E-state index contributed by atoms with van der Waals surface area (Å²) in [6, 6.07) is 63.5. The van der Waals surface area contributed by atoms with Crippen molar-refractivity contribution in [3.05, 3.63) is 176 Å². The van der Waals surface area contributed by atoms with E-state index in [2.05, 4.69) is 176 Å². The zero-order valence-corrected chi connectivity index (χ0v) is 25.2. The van der Waals surface area contributed by atoms with E-state index in [1.807, 2.05) is 0 Å². The predicted molar refractivity (Wildman–Crippen MR) is 196 cm³/mol. The fourth-order valence-electron chi connectivity index (χ4n) is 7.06. The lowest BCUT2D eigenvalue weighted by atomic mass is 9.83. The molecule has 0 aliphatic carbocycles. The van der Waals surface area contributed by atoms with Gasteiger partial charge < -0.3 is 0 Å². The second kappa shape index (κ2) is 10.8. The van der Waals surface area contributed by atoms with Crippen molar-refractivity contribution >= 4 is 43.2 Å². The molecule has 0 amide bonds. The van der Waals surface area contributed by atoms with Crippen molar-refractivity contribution < 1.29 is 0 Å². The van der Waals surface area contributed by atoms with Crippen LogP contribution in [0.1, 0.15) is 0 Å². The van der Waals surface area contributed by atoms with Gasteiger partial charge >= 0.3 is 0 Å². The van der Waals surface area contributed by atoms with Crippen LogP contribution >= 0.6 is 0 Å². The van der Waals surface area contributed by atoms with Crippen molar-refractivity contribution in [1.29, 1.82) is 0 Å². The van der Waals surface area contributed by atoms with Gasteiger partial charge in [-0.15, -0.1) is 0 Å². The Morgan fingerprint density at radius 2 is 0.870 bits per heavy atom. The monoisotopic (exact) mass is 583 g/mol. The normalized spacial score (nSPS) is 11.5. The smallest absolute Gasteiger partial charge is 0.0722 e. The van der Waals surface area contributed by atoms with Crippen molar-refractivity contribution in [3.8, 4) is 44.6 Å². The van der Waals surface area contributed by atoms with Gasteiger partial charge in [-0.05, 0) is 96.0 Å². The second-order valence-corrected chi connectivity index (χ2v) is 11.9. The zero-order valence-electron chi connectivity index (χ0n) is 25.2. The van der Waals surface area contributed by atoms with Gasteiger partial charge in [-0.2, -0.15) is 0 Å². The first-order chi connectivity index (χ1) is 22.8. The summed E-state index contributed by atoms with van der Waals surface area (Å²) in [5.41, 5.74) is 10.5. The summed E-state index contributed by atoms with van der Waals surface area (Å²) in [4.78, 5) is 5.23. The molecule has 214 valence electrons. The van der Waals surface area contributed by atoms with E-state index in [0.29, 0.717) is 0 Å². The quantitative estimate of drug-likeness (QED) is 0.188. The van der Waals surface area contributed by atoms with E-state index in [-0.39, 0.29) is 0 Å². The molecule has 0 atom stereocenters. The molecule has 1 heteroatoms. The molecule has 8 aromatic carbocycles. The molecule has 0 saturated carbocycles. The molecule has 9 aromatic rings. The Morgan fingerprint density at radius 1 is 0.304 bits per heavy atom. The van der Waals surface area contributed by atoms with Gasteiger partial charge in [0.05, 0.1) is 11.2 Å². The minimum absolute atomic E-state index is 0.987. The van der Waals surface area contributed by atoms with Crippen LogP contribution in [0.3, 0.4) is 0 Å². The van der Waals surface area contributed by atoms with Crippen LogP contribution in [-0.4, -0.2) is 4.98 Å². The molecule has 0 N–H and O–H groups in total. The average molecular weight is 584 g/mol. The molecule has 1 nitrogen and oxygen atoms in total. The maximum absolute atomic E-state index is 5.23. The van der Waals surface area contributed by atoms with Gasteiger partial charge in [0.2, 0.25) is 0 Å². The second-order valence-electron chi connectivity index (χ2n) is 11.9. The van der Waals surface area contributed by atoms with E-state index in [0.717, 1.165) is 16.6 Å². The van der Waals surface area contributed by atoms with Crippen LogP contribution in [0.25, 0.3) is 87.9 Å². The topological polar surface area (TPSA) is 12.9 Å². The van der Waals surface area contributed by atoms with Gasteiger partial charge in [-0.25, -0.2) is 4.98 Å². The number of pyridine rings is 1. The number of aromatic nitrogens is 1. The van der Waals surface area contributed by atoms with E-state index in [1.54, 1.807) is 0 Å². The Hall–Kier alpha value is -6.05. The Morgan fingerprint density at radius 3 is 1.61 bits per heavy atom. The van der Waals surface area contributed by atoms with Gasteiger partial charge in [-0.1, -0.05) is 146 Å².